The number of rotatable bonds is 9. The lowest BCUT2D eigenvalue weighted by atomic mass is 10.1. The summed E-state index contributed by atoms with van der Waals surface area (Å²) in [7, 11) is -3.48. The summed E-state index contributed by atoms with van der Waals surface area (Å²) in [6.45, 7) is 4.33. The number of anilines is 1. The molecule has 0 aromatic heterocycles. The number of nitrogens with two attached hydrogens (primary N) is 1. The van der Waals surface area contributed by atoms with Crippen molar-refractivity contribution in [1.29, 1.82) is 0 Å². The third-order valence-corrected chi connectivity index (χ3v) is 7.18. The minimum Gasteiger partial charge on any atom is -0.398 e. The van der Waals surface area contributed by atoms with E-state index in [0.717, 1.165) is 18.9 Å². The van der Waals surface area contributed by atoms with Gasteiger partial charge in [-0.05, 0) is 62.8 Å². The Labute approximate surface area is 161 Å². The molecule has 1 amide bonds. The standard InChI is InChI=1S/C19H29N3O4S/c1-2-27(24,25)18-12-15(7-8-17(18)20)19(23)21-26-11-9-16-4-3-10-22(16)13-14-5-6-14/h7-8,12,14,16H,2-6,9-11,13,20H2,1H3,(H,21,23). The number of hydroxylamine groups is 1. The van der Waals surface area contributed by atoms with Gasteiger partial charge < -0.3 is 10.6 Å². The first-order valence-electron chi connectivity index (χ1n) is 9.69. The monoisotopic (exact) mass is 395 g/mol. The van der Waals surface area contributed by atoms with Gasteiger partial charge in [0.05, 0.1) is 22.9 Å². The van der Waals surface area contributed by atoms with E-state index in [0.29, 0.717) is 12.6 Å². The fraction of sp³-hybridized carbons (Fsp3) is 0.632. The summed E-state index contributed by atoms with van der Waals surface area (Å²) >= 11 is 0. The first-order valence-corrected chi connectivity index (χ1v) is 11.3. The fourth-order valence-corrected chi connectivity index (χ4v) is 4.61. The Morgan fingerprint density at radius 3 is 2.81 bits per heavy atom. The average molecular weight is 396 g/mol. The van der Waals surface area contributed by atoms with Crippen LogP contribution in [0.3, 0.4) is 0 Å². The molecule has 0 radical (unpaired) electrons. The van der Waals surface area contributed by atoms with Gasteiger partial charge in [0.15, 0.2) is 9.84 Å². The second-order valence-corrected chi connectivity index (χ2v) is 9.71. The Kier molecular flexibility index (Phi) is 6.39. The molecule has 1 aliphatic carbocycles. The highest BCUT2D eigenvalue weighted by Gasteiger charge is 2.30. The van der Waals surface area contributed by atoms with Crippen LogP contribution in [0.15, 0.2) is 23.1 Å². The van der Waals surface area contributed by atoms with Crippen molar-refractivity contribution in [3.8, 4) is 0 Å². The molecule has 7 nitrogen and oxygen atoms in total. The van der Waals surface area contributed by atoms with E-state index in [1.165, 1.54) is 50.4 Å². The Morgan fingerprint density at radius 1 is 1.33 bits per heavy atom. The van der Waals surface area contributed by atoms with Crippen LogP contribution in [0.1, 0.15) is 49.4 Å². The molecule has 2 fully saturated rings. The number of likely N-dealkylation sites (tertiary alicyclic amines) is 1. The van der Waals surface area contributed by atoms with Gasteiger partial charge in [-0.15, -0.1) is 0 Å². The van der Waals surface area contributed by atoms with Crippen molar-refractivity contribution < 1.29 is 18.0 Å². The van der Waals surface area contributed by atoms with Crippen molar-refractivity contribution in [3.63, 3.8) is 0 Å². The zero-order chi connectivity index (χ0) is 19.4. The number of carbonyl (C=O) groups excluding carboxylic acids is 1. The largest absolute Gasteiger partial charge is 0.398 e. The van der Waals surface area contributed by atoms with Crippen LogP contribution in [0.2, 0.25) is 0 Å². The molecule has 1 aromatic rings. The molecular formula is C19H29N3O4S. The summed E-state index contributed by atoms with van der Waals surface area (Å²) in [5.41, 5.74) is 8.52. The second-order valence-electron chi connectivity index (χ2n) is 7.46. The number of hydrogen-bond donors (Lipinski definition) is 2. The highest BCUT2D eigenvalue weighted by atomic mass is 32.2. The number of nitrogens with one attached hydrogen (secondary N) is 1. The van der Waals surface area contributed by atoms with Crippen molar-refractivity contribution in [2.75, 3.05) is 31.2 Å². The Hall–Kier alpha value is -1.64. The third-order valence-electron chi connectivity index (χ3n) is 5.40. The van der Waals surface area contributed by atoms with Crippen LogP contribution in [-0.2, 0) is 14.7 Å². The zero-order valence-corrected chi connectivity index (χ0v) is 16.6. The van der Waals surface area contributed by atoms with Crippen LogP contribution < -0.4 is 11.2 Å². The third kappa shape index (κ3) is 5.21. The highest BCUT2D eigenvalue weighted by molar-refractivity contribution is 7.91. The maximum Gasteiger partial charge on any atom is 0.274 e. The summed E-state index contributed by atoms with van der Waals surface area (Å²) in [5.74, 6) is 0.339. The first-order chi connectivity index (χ1) is 12.9. The average Bonchev–Trinajstić information content (AvgIpc) is 3.36. The van der Waals surface area contributed by atoms with E-state index in [-0.39, 0.29) is 21.9 Å². The summed E-state index contributed by atoms with van der Waals surface area (Å²) in [6.07, 6.45) is 5.99. The van der Waals surface area contributed by atoms with Gasteiger partial charge in [-0.2, -0.15) is 0 Å². The maximum absolute atomic E-state index is 12.3. The van der Waals surface area contributed by atoms with E-state index in [9.17, 15) is 13.2 Å². The molecule has 1 heterocycles. The second kappa shape index (κ2) is 8.58. The molecule has 150 valence electrons. The molecule has 27 heavy (non-hydrogen) atoms. The van der Waals surface area contributed by atoms with Gasteiger partial charge in [0.2, 0.25) is 0 Å². The molecule has 3 N–H and O–H groups in total. The van der Waals surface area contributed by atoms with Crippen LogP contribution in [0.4, 0.5) is 5.69 Å². The van der Waals surface area contributed by atoms with E-state index in [1.54, 1.807) is 6.92 Å². The zero-order valence-electron chi connectivity index (χ0n) is 15.8. The summed E-state index contributed by atoms with van der Waals surface area (Å²) in [5, 5.41) is 0. The SMILES string of the molecule is CCS(=O)(=O)c1cc(C(=O)NOCCC2CCCN2CC2CC2)ccc1N. The van der Waals surface area contributed by atoms with Crippen LogP contribution >= 0.6 is 0 Å². The number of sulfone groups is 1. The van der Waals surface area contributed by atoms with Crippen molar-refractivity contribution in [1.82, 2.24) is 10.4 Å². The number of carbonyl (C=O) groups is 1. The van der Waals surface area contributed by atoms with Gasteiger partial charge in [0.1, 0.15) is 0 Å². The van der Waals surface area contributed by atoms with Crippen LogP contribution in [0.5, 0.6) is 0 Å². The van der Waals surface area contributed by atoms with Gasteiger partial charge in [-0.3, -0.25) is 9.63 Å². The van der Waals surface area contributed by atoms with Gasteiger partial charge in [0, 0.05) is 18.2 Å². The Morgan fingerprint density at radius 2 is 2.11 bits per heavy atom. The van der Waals surface area contributed by atoms with Gasteiger partial charge in [-0.1, -0.05) is 6.92 Å². The lowest BCUT2D eigenvalue weighted by Crippen LogP contribution is -2.33. The predicted octanol–water partition coefficient (Wildman–Crippen LogP) is 1.99. The molecule has 1 saturated heterocycles. The van der Waals surface area contributed by atoms with Crippen LogP contribution in [0.25, 0.3) is 0 Å². The summed E-state index contributed by atoms with van der Waals surface area (Å²) < 4.78 is 24.1. The lowest BCUT2D eigenvalue weighted by molar-refractivity contribution is 0.0239. The molecule has 3 rings (SSSR count). The number of benzene rings is 1. The predicted molar refractivity (Wildman–Crippen MR) is 104 cm³/mol. The molecule has 1 aromatic carbocycles. The Bertz CT molecular complexity index is 777. The number of nitrogen functional groups attached to an aromatic ring is 1. The smallest absolute Gasteiger partial charge is 0.274 e. The topological polar surface area (TPSA) is 102 Å². The minimum absolute atomic E-state index is 0.0145. The normalized spacial score (nSPS) is 20.7. The van der Waals surface area contributed by atoms with Gasteiger partial charge in [-0.25, -0.2) is 13.9 Å². The van der Waals surface area contributed by atoms with Crippen molar-refractivity contribution in [2.24, 2.45) is 5.92 Å². The van der Waals surface area contributed by atoms with E-state index < -0.39 is 15.7 Å². The summed E-state index contributed by atoms with van der Waals surface area (Å²) in [6, 6.07) is 4.77. The molecule has 1 saturated carbocycles. The molecule has 1 aliphatic heterocycles. The van der Waals surface area contributed by atoms with E-state index >= 15 is 0 Å². The fourth-order valence-electron chi connectivity index (χ4n) is 3.57. The van der Waals surface area contributed by atoms with Gasteiger partial charge in [0.25, 0.3) is 5.91 Å². The quantitative estimate of drug-likeness (QED) is 0.377. The number of hydrogen-bond acceptors (Lipinski definition) is 6. The molecule has 1 unspecified atom stereocenters. The van der Waals surface area contributed by atoms with Crippen molar-refractivity contribution in [3.05, 3.63) is 23.8 Å². The molecule has 0 spiro atoms. The first kappa shape index (κ1) is 20.1. The van der Waals surface area contributed by atoms with Crippen LogP contribution in [-0.4, -0.2) is 50.7 Å². The van der Waals surface area contributed by atoms with E-state index in [2.05, 4.69) is 10.4 Å². The maximum atomic E-state index is 12.3. The van der Waals surface area contributed by atoms with Crippen molar-refractivity contribution in [2.45, 2.75) is 50.0 Å². The number of nitrogens with zero attached hydrogens (tertiary/aromatic N) is 1. The molecule has 0 bridgehead atoms. The van der Waals surface area contributed by atoms with Crippen molar-refractivity contribution >= 4 is 21.4 Å². The van der Waals surface area contributed by atoms with Crippen LogP contribution in [0, 0.1) is 5.92 Å². The molecule has 8 heteroatoms. The lowest BCUT2D eigenvalue weighted by Gasteiger charge is -2.24. The Balaban J connectivity index is 1.48. The van der Waals surface area contributed by atoms with Gasteiger partial charge >= 0.3 is 0 Å². The molecule has 1 atom stereocenters. The summed E-state index contributed by atoms with van der Waals surface area (Å²) in [4.78, 5) is 20.1. The van der Waals surface area contributed by atoms with E-state index in [4.69, 9.17) is 10.6 Å². The number of amides is 1. The van der Waals surface area contributed by atoms with E-state index in [1.807, 2.05) is 0 Å². The molecular weight excluding hydrogens is 366 g/mol. The minimum atomic E-state index is -3.48. The highest BCUT2D eigenvalue weighted by Crippen LogP contribution is 2.32. The molecule has 2 aliphatic rings.